The van der Waals surface area contributed by atoms with Gasteiger partial charge in [0.2, 0.25) is 0 Å². The van der Waals surface area contributed by atoms with Gasteiger partial charge in [-0.1, -0.05) is 0 Å². The Morgan fingerprint density at radius 3 is 2.74 bits per heavy atom. The third-order valence-corrected chi connectivity index (χ3v) is 4.60. The first-order valence-corrected chi connectivity index (χ1v) is 8.69. The van der Waals surface area contributed by atoms with Crippen molar-refractivity contribution in [3.05, 3.63) is 41.5 Å². The minimum absolute atomic E-state index is 0.00398. The van der Waals surface area contributed by atoms with E-state index in [4.69, 9.17) is 20.5 Å². The first-order valence-electron chi connectivity index (χ1n) is 8.69. The zero-order valence-corrected chi connectivity index (χ0v) is 15.1. The van der Waals surface area contributed by atoms with E-state index >= 15 is 0 Å². The highest BCUT2D eigenvalue weighted by atomic mass is 19.1. The number of nitrogen functional groups attached to an aromatic ring is 1. The van der Waals surface area contributed by atoms with Crippen LogP contribution in [-0.4, -0.2) is 48.8 Å². The number of nitrogens with two attached hydrogens (primary N) is 1. The molecule has 0 aliphatic carbocycles. The molecule has 1 saturated heterocycles. The molecule has 0 radical (unpaired) electrons. The minimum Gasteiger partial charge on any atom is -0.489 e. The summed E-state index contributed by atoms with van der Waals surface area (Å²) in [6.45, 7) is 3.26. The molecule has 142 valence electrons. The number of benzene rings is 1. The maximum Gasteiger partial charge on any atom is 0.357 e. The van der Waals surface area contributed by atoms with E-state index in [9.17, 15) is 9.18 Å². The Labute approximate surface area is 156 Å². The van der Waals surface area contributed by atoms with Crippen LogP contribution in [0.5, 0.6) is 5.75 Å². The molecule has 8 heteroatoms. The van der Waals surface area contributed by atoms with Crippen LogP contribution in [0.1, 0.15) is 28.9 Å². The summed E-state index contributed by atoms with van der Waals surface area (Å²) in [4.78, 5) is 14.3. The topological polar surface area (TPSA) is 93.5 Å². The second-order valence-electron chi connectivity index (χ2n) is 6.29. The summed E-state index contributed by atoms with van der Waals surface area (Å²) in [5, 5.41) is 9.15. The van der Waals surface area contributed by atoms with Gasteiger partial charge in [-0.15, -0.1) is 0 Å². The molecule has 27 heavy (non-hydrogen) atoms. The fourth-order valence-corrected chi connectivity index (χ4v) is 3.17. The molecule has 0 amide bonds. The van der Waals surface area contributed by atoms with E-state index in [-0.39, 0.29) is 22.7 Å². The van der Waals surface area contributed by atoms with Crippen LogP contribution >= 0.6 is 0 Å². The molecule has 0 spiro atoms. The summed E-state index contributed by atoms with van der Waals surface area (Å²) >= 11 is 0. The number of likely N-dealkylation sites (tertiary alicyclic amines) is 1. The van der Waals surface area contributed by atoms with Crippen LogP contribution in [0.25, 0.3) is 5.69 Å². The second kappa shape index (κ2) is 8.10. The van der Waals surface area contributed by atoms with E-state index in [2.05, 4.69) is 4.90 Å². The van der Waals surface area contributed by atoms with Crippen molar-refractivity contribution in [1.82, 2.24) is 9.47 Å². The first kappa shape index (κ1) is 18.7. The molecule has 0 bridgehead atoms. The van der Waals surface area contributed by atoms with E-state index in [0.717, 1.165) is 19.6 Å². The highest BCUT2D eigenvalue weighted by Gasteiger charge is 2.22. The largest absolute Gasteiger partial charge is 0.489 e. The predicted octanol–water partition coefficient (Wildman–Crippen LogP) is 2.33. The second-order valence-corrected chi connectivity index (χ2v) is 6.29. The lowest BCUT2D eigenvalue weighted by molar-refractivity contribution is 0.0593. The van der Waals surface area contributed by atoms with Gasteiger partial charge in [0.15, 0.2) is 17.3 Å². The summed E-state index contributed by atoms with van der Waals surface area (Å²) < 4.78 is 26.1. The summed E-state index contributed by atoms with van der Waals surface area (Å²) in [6, 6.07) is 6.24. The van der Waals surface area contributed by atoms with E-state index in [1.165, 1.54) is 42.8 Å². The van der Waals surface area contributed by atoms with Crippen LogP contribution in [0.2, 0.25) is 0 Å². The highest BCUT2D eigenvalue weighted by molar-refractivity contribution is 5.95. The molecule has 1 aromatic heterocycles. The molecule has 7 nitrogen and oxygen atoms in total. The van der Waals surface area contributed by atoms with Gasteiger partial charge in [0.25, 0.3) is 0 Å². The third kappa shape index (κ3) is 3.88. The van der Waals surface area contributed by atoms with Gasteiger partial charge in [-0.25, -0.2) is 9.18 Å². The lowest BCUT2D eigenvalue weighted by Crippen LogP contribution is -2.25. The Kier molecular flexibility index (Phi) is 5.62. The fraction of sp³-hybridized carbons (Fsp3) is 0.368. The van der Waals surface area contributed by atoms with Crippen molar-refractivity contribution in [1.29, 1.82) is 5.26 Å². The van der Waals surface area contributed by atoms with E-state index < -0.39 is 11.8 Å². The molecule has 1 aromatic carbocycles. The SMILES string of the molecule is COC(=O)c1c(N)c(C#N)cn1-c1ccc(OCCN2CCCC2)c(F)c1. The standard InChI is InChI=1S/C19H21FN4O3/c1-26-19(25)18-17(22)13(11-21)12-24(18)14-4-5-16(15(20)10-14)27-9-8-23-6-2-3-7-23/h4-5,10,12H,2-3,6-9,22H2,1H3. The van der Waals surface area contributed by atoms with E-state index in [1.807, 2.05) is 6.07 Å². The van der Waals surface area contributed by atoms with Gasteiger partial charge < -0.3 is 19.8 Å². The van der Waals surface area contributed by atoms with Crippen molar-refractivity contribution < 1.29 is 18.7 Å². The molecule has 3 rings (SSSR count). The van der Waals surface area contributed by atoms with Crippen molar-refractivity contribution in [2.24, 2.45) is 0 Å². The number of carbonyl (C=O) groups is 1. The average molecular weight is 372 g/mol. The normalized spacial score (nSPS) is 14.1. The molecule has 2 heterocycles. The smallest absolute Gasteiger partial charge is 0.357 e. The van der Waals surface area contributed by atoms with Gasteiger partial charge in [-0.05, 0) is 38.1 Å². The number of ether oxygens (including phenoxy) is 2. The number of carbonyl (C=O) groups excluding carboxylic acids is 1. The zero-order valence-electron chi connectivity index (χ0n) is 15.1. The Morgan fingerprint density at radius 2 is 2.11 bits per heavy atom. The number of esters is 1. The number of rotatable bonds is 6. The average Bonchev–Trinajstić information content (AvgIpc) is 3.30. The Bertz CT molecular complexity index is 882. The quantitative estimate of drug-likeness (QED) is 0.782. The zero-order chi connectivity index (χ0) is 19.4. The number of nitriles is 1. The lowest BCUT2D eigenvalue weighted by Gasteiger charge is -2.15. The maximum absolute atomic E-state index is 14.5. The molecule has 0 unspecified atom stereocenters. The number of nitrogens with zero attached hydrogens (tertiary/aromatic N) is 3. The van der Waals surface area contributed by atoms with Crippen molar-refractivity contribution >= 4 is 11.7 Å². The van der Waals surface area contributed by atoms with Gasteiger partial charge >= 0.3 is 5.97 Å². The van der Waals surface area contributed by atoms with Crippen molar-refractivity contribution in [3.8, 4) is 17.5 Å². The van der Waals surface area contributed by atoms with Crippen LogP contribution in [0.3, 0.4) is 0 Å². The summed E-state index contributed by atoms with van der Waals surface area (Å²) in [6.07, 6.45) is 3.76. The molecule has 1 aliphatic rings. The Hall–Kier alpha value is -3.05. The van der Waals surface area contributed by atoms with Crippen LogP contribution < -0.4 is 10.5 Å². The maximum atomic E-state index is 14.5. The van der Waals surface area contributed by atoms with Crippen LogP contribution in [-0.2, 0) is 4.74 Å². The van der Waals surface area contributed by atoms with Crippen molar-refractivity contribution in [2.75, 3.05) is 39.1 Å². The molecular weight excluding hydrogens is 351 g/mol. The number of aromatic nitrogens is 1. The summed E-state index contributed by atoms with van der Waals surface area (Å²) in [5.74, 6) is -1.13. The van der Waals surface area contributed by atoms with Gasteiger partial charge in [0.05, 0.1) is 18.4 Å². The molecular formula is C19H21FN4O3. The van der Waals surface area contributed by atoms with Gasteiger partial charge in [-0.2, -0.15) is 5.26 Å². The third-order valence-electron chi connectivity index (χ3n) is 4.60. The highest BCUT2D eigenvalue weighted by Crippen LogP contribution is 2.27. The molecule has 2 N–H and O–H groups in total. The Morgan fingerprint density at radius 1 is 1.37 bits per heavy atom. The van der Waals surface area contributed by atoms with Crippen molar-refractivity contribution in [3.63, 3.8) is 0 Å². The molecule has 1 fully saturated rings. The fourth-order valence-electron chi connectivity index (χ4n) is 3.17. The van der Waals surface area contributed by atoms with E-state index in [0.29, 0.717) is 12.3 Å². The summed E-state index contributed by atoms with van der Waals surface area (Å²) in [7, 11) is 1.21. The lowest BCUT2D eigenvalue weighted by atomic mass is 10.2. The monoisotopic (exact) mass is 372 g/mol. The van der Waals surface area contributed by atoms with Crippen molar-refractivity contribution in [2.45, 2.75) is 12.8 Å². The van der Waals surface area contributed by atoms with Crippen LogP contribution in [0.4, 0.5) is 10.1 Å². The molecule has 0 atom stereocenters. The number of hydrogen-bond donors (Lipinski definition) is 1. The minimum atomic E-state index is -0.708. The number of hydrogen-bond acceptors (Lipinski definition) is 6. The van der Waals surface area contributed by atoms with Crippen LogP contribution in [0.15, 0.2) is 24.4 Å². The molecule has 2 aromatic rings. The first-order chi connectivity index (χ1) is 13.0. The predicted molar refractivity (Wildman–Crippen MR) is 97.4 cm³/mol. The summed E-state index contributed by atoms with van der Waals surface area (Å²) in [5.41, 5.74) is 6.29. The van der Waals surface area contributed by atoms with Gasteiger partial charge in [-0.3, -0.25) is 4.90 Å². The molecule has 0 saturated carbocycles. The number of anilines is 1. The van der Waals surface area contributed by atoms with Gasteiger partial charge in [0, 0.05) is 24.5 Å². The number of halogens is 1. The molecule has 1 aliphatic heterocycles. The Balaban J connectivity index is 1.81. The van der Waals surface area contributed by atoms with Gasteiger partial charge in [0.1, 0.15) is 12.7 Å². The van der Waals surface area contributed by atoms with Crippen LogP contribution in [0, 0.1) is 17.1 Å². The number of methoxy groups -OCH3 is 1. The van der Waals surface area contributed by atoms with E-state index in [1.54, 1.807) is 6.07 Å².